The van der Waals surface area contributed by atoms with E-state index < -0.39 is 0 Å². The molecular weight excluding hydrogens is 324 g/mol. The number of likely N-dealkylation sites (N-methyl/N-ethyl adjacent to an activating group) is 2. The summed E-state index contributed by atoms with van der Waals surface area (Å²) in [5, 5.41) is 7.85. The first-order chi connectivity index (χ1) is 12.7. The fourth-order valence-corrected chi connectivity index (χ4v) is 2.87. The highest BCUT2D eigenvalue weighted by atomic mass is 16.5. The number of nitrogens with one attached hydrogen (secondary N) is 1. The van der Waals surface area contributed by atoms with Gasteiger partial charge in [0.15, 0.2) is 0 Å². The number of hydrogen-bond donors (Lipinski definition) is 1. The van der Waals surface area contributed by atoms with Crippen LogP contribution in [0.1, 0.15) is 5.56 Å². The highest BCUT2D eigenvalue weighted by molar-refractivity contribution is 5.63. The Bertz CT molecular complexity index is 812. The van der Waals surface area contributed by atoms with E-state index in [2.05, 4.69) is 40.7 Å². The van der Waals surface area contributed by atoms with Crippen LogP contribution in [0.4, 0.5) is 0 Å². The van der Waals surface area contributed by atoms with Crippen molar-refractivity contribution in [2.75, 3.05) is 27.2 Å². The Morgan fingerprint density at radius 2 is 1.73 bits per heavy atom. The van der Waals surface area contributed by atoms with E-state index in [-0.39, 0.29) is 0 Å². The number of para-hydroxylation sites is 1. The molecule has 0 unspecified atom stereocenters. The fourth-order valence-electron chi connectivity index (χ4n) is 2.87. The fraction of sp³-hybridized carbons (Fsp3) is 0.286. The van der Waals surface area contributed by atoms with Gasteiger partial charge in [-0.25, -0.2) is 0 Å². The second-order valence-corrected chi connectivity index (χ2v) is 6.46. The minimum absolute atomic E-state index is 0.823. The Balaban J connectivity index is 1.74. The molecule has 0 radical (unpaired) electrons. The Morgan fingerprint density at radius 3 is 2.42 bits per heavy atom. The summed E-state index contributed by atoms with van der Waals surface area (Å²) < 4.78 is 7.75. The van der Waals surface area contributed by atoms with E-state index in [0.29, 0.717) is 0 Å². The van der Waals surface area contributed by atoms with Gasteiger partial charge in [-0.1, -0.05) is 18.2 Å². The number of benzene rings is 2. The molecular formula is C21H26N4O. The molecule has 1 heterocycles. The van der Waals surface area contributed by atoms with Gasteiger partial charge in [0.25, 0.3) is 0 Å². The Morgan fingerprint density at radius 1 is 1.04 bits per heavy atom. The van der Waals surface area contributed by atoms with E-state index in [0.717, 1.165) is 42.4 Å². The van der Waals surface area contributed by atoms with Crippen LogP contribution < -0.4 is 10.1 Å². The summed E-state index contributed by atoms with van der Waals surface area (Å²) in [5.41, 5.74) is 3.35. The molecule has 26 heavy (non-hydrogen) atoms. The molecule has 0 atom stereocenters. The minimum atomic E-state index is 0.823. The maximum absolute atomic E-state index is 5.87. The quantitative estimate of drug-likeness (QED) is 0.675. The Kier molecular flexibility index (Phi) is 6.04. The highest BCUT2D eigenvalue weighted by Gasteiger charge is 2.12. The van der Waals surface area contributed by atoms with E-state index in [1.54, 1.807) is 0 Å². The van der Waals surface area contributed by atoms with Crippen molar-refractivity contribution in [2.24, 2.45) is 7.05 Å². The Labute approximate surface area is 155 Å². The molecule has 1 aromatic heterocycles. The van der Waals surface area contributed by atoms with Gasteiger partial charge in [0, 0.05) is 44.0 Å². The first-order valence-electron chi connectivity index (χ1n) is 8.84. The smallest absolute Gasteiger partial charge is 0.127 e. The van der Waals surface area contributed by atoms with E-state index in [9.17, 15) is 0 Å². The second kappa shape index (κ2) is 8.65. The van der Waals surface area contributed by atoms with Crippen LogP contribution in [0.25, 0.3) is 11.3 Å². The summed E-state index contributed by atoms with van der Waals surface area (Å²) in [7, 11) is 6.07. The van der Waals surface area contributed by atoms with Crippen molar-refractivity contribution in [3.8, 4) is 22.8 Å². The van der Waals surface area contributed by atoms with Crippen molar-refractivity contribution >= 4 is 0 Å². The molecule has 0 aliphatic carbocycles. The monoisotopic (exact) mass is 350 g/mol. The van der Waals surface area contributed by atoms with Crippen LogP contribution in [0.5, 0.6) is 11.5 Å². The van der Waals surface area contributed by atoms with Gasteiger partial charge in [-0.05, 0) is 50.5 Å². The number of ether oxygens (including phenoxy) is 1. The third-order valence-electron chi connectivity index (χ3n) is 4.20. The van der Waals surface area contributed by atoms with Crippen LogP contribution in [-0.2, 0) is 13.6 Å². The summed E-state index contributed by atoms with van der Waals surface area (Å²) in [6.45, 7) is 2.83. The van der Waals surface area contributed by atoms with Gasteiger partial charge in [-0.3, -0.25) is 4.68 Å². The van der Waals surface area contributed by atoms with Crippen LogP contribution in [0.3, 0.4) is 0 Å². The highest BCUT2D eigenvalue weighted by Crippen LogP contribution is 2.27. The summed E-state index contributed by atoms with van der Waals surface area (Å²) in [6, 6.07) is 17.9. The number of rotatable bonds is 8. The summed E-state index contributed by atoms with van der Waals surface area (Å²) in [6.07, 6.45) is 2.10. The van der Waals surface area contributed by atoms with Gasteiger partial charge in [0.05, 0.1) is 5.69 Å². The first kappa shape index (κ1) is 18.2. The van der Waals surface area contributed by atoms with Crippen LogP contribution in [0.15, 0.2) is 60.8 Å². The molecule has 0 amide bonds. The number of aryl methyl sites for hydroxylation is 1. The van der Waals surface area contributed by atoms with E-state index in [1.807, 2.05) is 61.2 Å². The lowest BCUT2D eigenvalue weighted by Crippen LogP contribution is -2.27. The van der Waals surface area contributed by atoms with Crippen molar-refractivity contribution in [2.45, 2.75) is 6.54 Å². The maximum Gasteiger partial charge on any atom is 0.127 e. The number of hydrogen-bond acceptors (Lipinski definition) is 4. The average Bonchev–Trinajstić information content (AvgIpc) is 3.01. The molecule has 0 aliphatic rings. The van der Waals surface area contributed by atoms with E-state index in [1.165, 1.54) is 5.56 Å². The predicted octanol–water partition coefficient (Wildman–Crippen LogP) is 3.53. The van der Waals surface area contributed by atoms with Crippen molar-refractivity contribution < 1.29 is 4.74 Å². The number of aromatic nitrogens is 2. The largest absolute Gasteiger partial charge is 0.457 e. The molecule has 3 aromatic rings. The van der Waals surface area contributed by atoms with Gasteiger partial charge in [0.2, 0.25) is 0 Å². The van der Waals surface area contributed by atoms with Gasteiger partial charge < -0.3 is 15.0 Å². The van der Waals surface area contributed by atoms with Gasteiger partial charge in [-0.2, -0.15) is 5.10 Å². The standard InChI is InChI=1S/C21H26N4O/c1-22-13-14-24(2)15-18-16-25(3)23-21(18)17-9-11-20(12-10-17)26-19-7-5-4-6-8-19/h4-12,16,22H,13-15H2,1-3H3. The molecule has 5 heteroatoms. The van der Waals surface area contributed by atoms with Gasteiger partial charge >= 0.3 is 0 Å². The average molecular weight is 350 g/mol. The van der Waals surface area contributed by atoms with Crippen molar-refractivity contribution in [3.05, 3.63) is 66.4 Å². The third-order valence-corrected chi connectivity index (χ3v) is 4.20. The molecule has 0 bridgehead atoms. The van der Waals surface area contributed by atoms with Crippen LogP contribution in [-0.4, -0.2) is 41.9 Å². The molecule has 0 spiro atoms. The second-order valence-electron chi connectivity index (χ2n) is 6.46. The van der Waals surface area contributed by atoms with Crippen molar-refractivity contribution in [1.29, 1.82) is 0 Å². The minimum Gasteiger partial charge on any atom is -0.457 e. The molecule has 0 saturated heterocycles. The molecule has 0 fully saturated rings. The van der Waals surface area contributed by atoms with Crippen LogP contribution in [0.2, 0.25) is 0 Å². The molecule has 2 aromatic carbocycles. The van der Waals surface area contributed by atoms with Gasteiger partial charge in [-0.15, -0.1) is 0 Å². The van der Waals surface area contributed by atoms with E-state index in [4.69, 9.17) is 4.74 Å². The Hall–Kier alpha value is -2.63. The maximum atomic E-state index is 5.87. The molecule has 3 rings (SSSR count). The van der Waals surface area contributed by atoms with E-state index >= 15 is 0 Å². The SMILES string of the molecule is CNCCN(C)Cc1cn(C)nc1-c1ccc(Oc2ccccc2)cc1. The summed E-state index contributed by atoms with van der Waals surface area (Å²) >= 11 is 0. The third kappa shape index (κ3) is 4.71. The molecule has 0 aliphatic heterocycles. The summed E-state index contributed by atoms with van der Waals surface area (Å²) in [5.74, 6) is 1.66. The predicted molar refractivity (Wildman–Crippen MR) is 105 cm³/mol. The topological polar surface area (TPSA) is 42.3 Å². The molecule has 1 N–H and O–H groups in total. The zero-order valence-electron chi connectivity index (χ0n) is 15.6. The number of nitrogens with zero attached hydrogens (tertiary/aromatic N) is 3. The van der Waals surface area contributed by atoms with Crippen molar-refractivity contribution in [1.82, 2.24) is 20.0 Å². The zero-order valence-corrected chi connectivity index (χ0v) is 15.6. The molecule has 136 valence electrons. The van der Waals surface area contributed by atoms with Gasteiger partial charge in [0.1, 0.15) is 11.5 Å². The molecule has 5 nitrogen and oxygen atoms in total. The first-order valence-corrected chi connectivity index (χ1v) is 8.84. The molecule has 0 saturated carbocycles. The van der Waals surface area contributed by atoms with Crippen LogP contribution >= 0.6 is 0 Å². The van der Waals surface area contributed by atoms with Crippen molar-refractivity contribution in [3.63, 3.8) is 0 Å². The lowest BCUT2D eigenvalue weighted by molar-refractivity contribution is 0.328. The zero-order chi connectivity index (χ0) is 18.4. The normalized spacial score (nSPS) is 11.1. The van der Waals surface area contributed by atoms with Crippen LogP contribution in [0, 0.1) is 0 Å². The lowest BCUT2D eigenvalue weighted by Gasteiger charge is -2.16. The summed E-state index contributed by atoms with van der Waals surface area (Å²) in [4.78, 5) is 2.30. The lowest BCUT2D eigenvalue weighted by atomic mass is 10.1.